The topological polar surface area (TPSA) is 12.5 Å². The first-order valence-corrected chi connectivity index (χ1v) is 3.03. The van der Waals surface area contributed by atoms with Crippen LogP contribution in [0.15, 0.2) is 0 Å². The molecule has 47 valence electrons. The van der Waals surface area contributed by atoms with Crippen LogP contribution in [0.1, 0.15) is 6.42 Å². The van der Waals surface area contributed by atoms with Crippen molar-refractivity contribution in [3.63, 3.8) is 0 Å². The lowest BCUT2D eigenvalue weighted by molar-refractivity contribution is 0.142. The van der Waals surface area contributed by atoms with E-state index in [9.17, 15) is 0 Å². The summed E-state index contributed by atoms with van der Waals surface area (Å²) in [6.07, 6.45) is 0.989. The van der Waals surface area contributed by atoms with Gasteiger partial charge in [-0.2, -0.15) is 0 Å². The maximum atomic E-state index is 5.11. The summed E-state index contributed by atoms with van der Waals surface area (Å²) in [7, 11) is 0. The Kier molecular flexibility index (Phi) is 2.30. The molecule has 0 atom stereocenters. The standard InChI is InChI=1S/C6H12NO/c1-2-3-7-4-5-8-6-7/h1-6H2. The molecular weight excluding hydrogens is 102 g/mol. The molecule has 0 bridgehead atoms. The molecule has 1 heterocycles. The van der Waals surface area contributed by atoms with Gasteiger partial charge in [-0.25, -0.2) is 0 Å². The van der Waals surface area contributed by atoms with Gasteiger partial charge in [-0.3, -0.25) is 4.90 Å². The molecule has 0 N–H and O–H groups in total. The summed E-state index contributed by atoms with van der Waals surface area (Å²) >= 11 is 0. The van der Waals surface area contributed by atoms with Crippen molar-refractivity contribution < 1.29 is 4.74 Å². The monoisotopic (exact) mass is 114 g/mol. The maximum Gasteiger partial charge on any atom is 0.0991 e. The zero-order valence-electron chi connectivity index (χ0n) is 5.10. The summed E-state index contributed by atoms with van der Waals surface area (Å²) < 4.78 is 5.11. The molecule has 0 unspecified atom stereocenters. The van der Waals surface area contributed by atoms with E-state index in [1.165, 1.54) is 0 Å². The van der Waals surface area contributed by atoms with Crippen molar-refractivity contribution in [2.45, 2.75) is 6.42 Å². The van der Waals surface area contributed by atoms with Gasteiger partial charge in [0.25, 0.3) is 0 Å². The Bertz CT molecular complexity index is 59.5. The van der Waals surface area contributed by atoms with Gasteiger partial charge in [-0.1, -0.05) is 6.92 Å². The molecule has 2 heteroatoms. The number of nitrogens with zero attached hydrogens (tertiary/aromatic N) is 1. The number of ether oxygens (including phenoxy) is 1. The maximum absolute atomic E-state index is 5.11. The van der Waals surface area contributed by atoms with Crippen molar-refractivity contribution in [2.75, 3.05) is 26.4 Å². The average molecular weight is 114 g/mol. The average Bonchev–Trinajstić information content (AvgIpc) is 2.19. The van der Waals surface area contributed by atoms with Crippen LogP contribution in [0, 0.1) is 6.92 Å². The van der Waals surface area contributed by atoms with Crippen LogP contribution in [0.3, 0.4) is 0 Å². The molecule has 0 aliphatic carbocycles. The highest BCUT2D eigenvalue weighted by Gasteiger charge is 2.08. The predicted molar refractivity (Wildman–Crippen MR) is 32.4 cm³/mol. The third-order valence-electron chi connectivity index (χ3n) is 1.30. The fourth-order valence-electron chi connectivity index (χ4n) is 0.852. The predicted octanol–water partition coefficient (Wildman–Crippen LogP) is 0.500. The van der Waals surface area contributed by atoms with Crippen LogP contribution in [-0.4, -0.2) is 31.3 Å². The molecule has 1 aliphatic heterocycles. The Labute approximate surface area is 50.4 Å². The normalized spacial score (nSPS) is 22.1. The minimum atomic E-state index is 0.815. The first-order chi connectivity index (χ1) is 3.93. The van der Waals surface area contributed by atoms with Gasteiger partial charge in [0.2, 0.25) is 0 Å². The summed E-state index contributed by atoms with van der Waals surface area (Å²) in [6.45, 7) is 7.65. The van der Waals surface area contributed by atoms with Crippen molar-refractivity contribution in [1.29, 1.82) is 0 Å². The first-order valence-electron chi connectivity index (χ1n) is 3.03. The van der Waals surface area contributed by atoms with Crippen molar-refractivity contribution in [3.05, 3.63) is 6.92 Å². The molecule has 1 rings (SSSR count). The fourth-order valence-corrected chi connectivity index (χ4v) is 0.852. The molecular formula is C6H12NO. The highest BCUT2D eigenvalue weighted by Crippen LogP contribution is 1.97. The Balaban J connectivity index is 2.06. The first kappa shape index (κ1) is 6.05. The highest BCUT2D eigenvalue weighted by atomic mass is 16.5. The number of hydrogen-bond acceptors (Lipinski definition) is 2. The van der Waals surface area contributed by atoms with E-state index in [1.54, 1.807) is 0 Å². The van der Waals surface area contributed by atoms with Crippen LogP contribution >= 0.6 is 0 Å². The van der Waals surface area contributed by atoms with Crippen LogP contribution in [0.4, 0.5) is 0 Å². The molecule has 1 radical (unpaired) electrons. The molecule has 0 spiro atoms. The number of rotatable bonds is 2. The number of hydrogen-bond donors (Lipinski definition) is 0. The zero-order chi connectivity index (χ0) is 5.82. The summed E-state index contributed by atoms with van der Waals surface area (Å²) in [5, 5.41) is 0. The minimum absolute atomic E-state index is 0.815. The zero-order valence-corrected chi connectivity index (χ0v) is 5.10. The van der Waals surface area contributed by atoms with E-state index in [1.807, 2.05) is 0 Å². The molecule has 0 aromatic rings. The van der Waals surface area contributed by atoms with Gasteiger partial charge in [0, 0.05) is 13.1 Å². The van der Waals surface area contributed by atoms with Gasteiger partial charge >= 0.3 is 0 Å². The molecule has 0 saturated carbocycles. The Morgan fingerprint density at radius 3 is 3.00 bits per heavy atom. The quantitative estimate of drug-likeness (QED) is 0.518. The molecule has 0 aromatic heterocycles. The van der Waals surface area contributed by atoms with Crippen molar-refractivity contribution in [3.8, 4) is 0 Å². The van der Waals surface area contributed by atoms with Crippen molar-refractivity contribution in [1.82, 2.24) is 4.90 Å². The molecule has 1 aliphatic rings. The lowest BCUT2D eigenvalue weighted by atomic mass is 10.4. The third-order valence-corrected chi connectivity index (χ3v) is 1.30. The summed E-state index contributed by atoms with van der Waals surface area (Å²) in [4.78, 5) is 2.26. The SMILES string of the molecule is [CH2]CCN1CCOC1. The van der Waals surface area contributed by atoms with E-state index in [0.717, 1.165) is 32.8 Å². The lowest BCUT2D eigenvalue weighted by Gasteiger charge is -2.08. The lowest BCUT2D eigenvalue weighted by Crippen LogP contribution is -2.20. The van der Waals surface area contributed by atoms with E-state index >= 15 is 0 Å². The van der Waals surface area contributed by atoms with E-state index in [0.29, 0.717) is 0 Å². The van der Waals surface area contributed by atoms with Gasteiger partial charge in [-0.15, -0.1) is 0 Å². The van der Waals surface area contributed by atoms with Gasteiger partial charge < -0.3 is 4.74 Å². The highest BCUT2D eigenvalue weighted by molar-refractivity contribution is 4.58. The van der Waals surface area contributed by atoms with E-state index < -0.39 is 0 Å². The van der Waals surface area contributed by atoms with E-state index in [4.69, 9.17) is 4.74 Å². The molecule has 2 nitrogen and oxygen atoms in total. The van der Waals surface area contributed by atoms with Gasteiger partial charge in [-0.05, 0) is 6.42 Å². The summed E-state index contributed by atoms with van der Waals surface area (Å²) in [6, 6.07) is 0. The van der Waals surface area contributed by atoms with Gasteiger partial charge in [0.1, 0.15) is 0 Å². The second kappa shape index (κ2) is 3.05. The second-order valence-electron chi connectivity index (χ2n) is 2.01. The Hall–Kier alpha value is -0.0800. The third kappa shape index (κ3) is 1.46. The molecule has 1 saturated heterocycles. The van der Waals surface area contributed by atoms with Crippen LogP contribution in [0.25, 0.3) is 0 Å². The fraction of sp³-hybridized carbons (Fsp3) is 0.833. The largest absolute Gasteiger partial charge is 0.365 e. The van der Waals surface area contributed by atoms with E-state index in [-0.39, 0.29) is 0 Å². The van der Waals surface area contributed by atoms with Crippen LogP contribution < -0.4 is 0 Å². The Morgan fingerprint density at radius 2 is 2.50 bits per heavy atom. The summed E-state index contributed by atoms with van der Waals surface area (Å²) in [5.41, 5.74) is 0. The van der Waals surface area contributed by atoms with E-state index in [2.05, 4.69) is 11.8 Å². The molecule has 0 amide bonds. The van der Waals surface area contributed by atoms with Gasteiger partial charge in [0.05, 0.1) is 13.3 Å². The van der Waals surface area contributed by atoms with Gasteiger partial charge in [0.15, 0.2) is 0 Å². The van der Waals surface area contributed by atoms with Crippen LogP contribution in [0.5, 0.6) is 0 Å². The molecule has 8 heavy (non-hydrogen) atoms. The van der Waals surface area contributed by atoms with Crippen molar-refractivity contribution in [2.24, 2.45) is 0 Å². The summed E-state index contributed by atoms with van der Waals surface area (Å²) in [5.74, 6) is 0. The van der Waals surface area contributed by atoms with Crippen LogP contribution in [-0.2, 0) is 4.74 Å². The molecule has 1 fully saturated rings. The van der Waals surface area contributed by atoms with Crippen LogP contribution in [0.2, 0.25) is 0 Å². The minimum Gasteiger partial charge on any atom is -0.365 e. The smallest absolute Gasteiger partial charge is 0.0991 e. The van der Waals surface area contributed by atoms with Crippen molar-refractivity contribution >= 4 is 0 Å². The second-order valence-corrected chi connectivity index (χ2v) is 2.01. The Morgan fingerprint density at radius 1 is 1.62 bits per heavy atom. The molecule has 0 aromatic carbocycles.